The van der Waals surface area contributed by atoms with E-state index in [1.165, 1.54) is 12.8 Å². The lowest BCUT2D eigenvalue weighted by Crippen LogP contribution is -2.40. The van der Waals surface area contributed by atoms with Crippen LogP contribution in [-0.4, -0.2) is 54.6 Å². The maximum Gasteiger partial charge on any atom is 0.245 e. The summed E-state index contributed by atoms with van der Waals surface area (Å²) in [7, 11) is 1.72. The number of methoxy groups -OCH3 is 1. The lowest BCUT2D eigenvalue weighted by molar-refractivity contribution is 0.199. The number of nitrogens with zero attached hydrogens (tertiary/aromatic N) is 4. The van der Waals surface area contributed by atoms with Gasteiger partial charge in [-0.3, -0.25) is 0 Å². The molecule has 0 aromatic carbocycles. The molecule has 1 aromatic rings. The molecule has 106 valence electrons. The standard InChI is InChI=1S/C13H23N5O/c1-10-11(2)16-17-13(15-10)18-7-4-5-12(18)9-14-6-8-19-3/h12,14H,4-9H2,1-3H3. The monoisotopic (exact) mass is 265 g/mol. The Morgan fingerprint density at radius 3 is 2.89 bits per heavy atom. The van der Waals surface area contributed by atoms with E-state index in [-0.39, 0.29) is 0 Å². The largest absolute Gasteiger partial charge is 0.383 e. The van der Waals surface area contributed by atoms with Gasteiger partial charge >= 0.3 is 0 Å². The Labute approximate surface area is 114 Å². The average molecular weight is 265 g/mol. The summed E-state index contributed by atoms with van der Waals surface area (Å²) in [6.07, 6.45) is 2.36. The summed E-state index contributed by atoms with van der Waals surface area (Å²) >= 11 is 0. The Balaban J connectivity index is 1.95. The van der Waals surface area contributed by atoms with Crippen LogP contribution in [0.1, 0.15) is 24.2 Å². The lowest BCUT2D eigenvalue weighted by Gasteiger charge is -2.24. The first-order valence-corrected chi connectivity index (χ1v) is 6.86. The van der Waals surface area contributed by atoms with E-state index in [0.717, 1.165) is 43.6 Å². The third-order valence-corrected chi connectivity index (χ3v) is 3.58. The molecular formula is C13H23N5O. The molecule has 2 heterocycles. The topological polar surface area (TPSA) is 63.2 Å². The van der Waals surface area contributed by atoms with Crippen molar-refractivity contribution < 1.29 is 4.74 Å². The fourth-order valence-electron chi connectivity index (χ4n) is 2.32. The molecule has 1 saturated heterocycles. The number of nitrogens with one attached hydrogen (secondary N) is 1. The first kappa shape index (κ1) is 14.1. The SMILES string of the molecule is COCCNCC1CCCN1c1nnc(C)c(C)n1. The number of ether oxygens (including phenoxy) is 1. The highest BCUT2D eigenvalue weighted by Gasteiger charge is 2.26. The first-order valence-electron chi connectivity index (χ1n) is 6.86. The van der Waals surface area contributed by atoms with Gasteiger partial charge in [-0.2, -0.15) is 5.10 Å². The van der Waals surface area contributed by atoms with Gasteiger partial charge in [-0.15, -0.1) is 5.10 Å². The molecule has 19 heavy (non-hydrogen) atoms. The molecule has 0 aliphatic carbocycles. The molecule has 1 fully saturated rings. The summed E-state index contributed by atoms with van der Waals surface area (Å²) < 4.78 is 5.04. The summed E-state index contributed by atoms with van der Waals surface area (Å²) in [5, 5.41) is 11.8. The van der Waals surface area contributed by atoms with E-state index in [4.69, 9.17) is 4.74 Å². The van der Waals surface area contributed by atoms with Gasteiger partial charge in [0.25, 0.3) is 0 Å². The van der Waals surface area contributed by atoms with Crippen molar-refractivity contribution in [2.24, 2.45) is 0 Å². The normalized spacial score (nSPS) is 19.1. The second-order valence-corrected chi connectivity index (χ2v) is 4.97. The molecule has 1 aliphatic rings. The Kier molecular flexibility index (Phi) is 5.04. The highest BCUT2D eigenvalue weighted by atomic mass is 16.5. The van der Waals surface area contributed by atoms with Gasteiger partial charge in [0.1, 0.15) is 0 Å². The van der Waals surface area contributed by atoms with Crippen molar-refractivity contribution in [1.29, 1.82) is 0 Å². The molecule has 6 nitrogen and oxygen atoms in total. The van der Waals surface area contributed by atoms with Crippen molar-refractivity contribution >= 4 is 5.95 Å². The minimum atomic E-state index is 0.459. The molecule has 0 saturated carbocycles. The van der Waals surface area contributed by atoms with Crippen LogP contribution in [0.4, 0.5) is 5.95 Å². The molecule has 0 spiro atoms. The molecule has 1 unspecified atom stereocenters. The van der Waals surface area contributed by atoms with E-state index in [0.29, 0.717) is 6.04 Å². The molecule has 1 aromatic heterocycles. The summed E-state index contributed by atoms with van der Waals surface area (Å²) in [5.74, 6) is 0.763. The smallest absolute Gasteiger partial charge is 0.245 e. The van der Waals surface area contributed by atoms with Crippen molar-refractivity contribution in [1.82, 2.24) is 20.5 Å². The molecule has 1 N–H and O–H groups in total. The Morgan fingerprint density at radius 1 is 1.32 bits per heavy atom. The predicted octanol–water partition coefficient (Wildman–Crippen LogP) is 0.693. The number of hydrogen-bond donors (Lipinski definition) is 1. The highest BCUT2D eigenvalue weighted by Crippen LogP contribution is 2.21. The van der Waals surface area contributed by atoms with Crippen LogP contribution in [0, 0.1) is 13.8 Å². The van der Waals surface area contributed by atoms with Gasteiger partial charge in [0.2, 0.25) is 5.95 Å². The molecule has 0 amide bonds. The van der Waals surface area contributed by atoms with Gasteiger partial charge in [-0.1, -0.05) is 0 Å². The average Bonchev–Trinajstić information content (AvgIpc) is 2.86. The van der Waals surface area contributed by atoms with Crippen molar-refractivity contribution in [2.75, 3.05) is 38.3 Å². The fourth-order valence-corrected chi connectivity index (χ4v) is 2.32. The van der Waals surface area contributed by atoms with Gasteiger partial charge in [0, 0.05) is 32.8 Å². The number of aromatic nitrogens is 3. The molecule has 6 heteroatoms. The lowest BCUT2D eigenvalue weighted by atomic mass is 10.2. The first-order chi connectivity index (χ1) is 9.22. The third kappa shape index (κ3) is 3.61. The summed E-state index contributed by atoms with van der Waals surface area (Å²) in [5.41, 5.74) is 1.86. The second kappa shape index (κ2) is 6.77. The van der Waals surface area contributed by atoms with Crippen molar-refractivity contribution in [3.63, 3.8) is 0 Å². The quantitative estimate of drug-likeness (QED) is 0.764. The van der Waals surface area contributed by atoms with Crippen LogP contribution < -0.4 is 10.2 Å². The van der Waals surface area contributed by atoms with Crippen molar-refractivity contribution in [3.05, 3.63) is 11.4 Å². The van der Waals surface area contributed by atoms with Gasteiger partial charge in [0.15, 0.2) is 0 Å². The van der Waals surface area contributed by atoms with Crippen molar-refractivity contribution in [2.45, 2.75) is 32.7 Å². The van der Waals surface area contributed by atoms with E-state index < -0.39 is 0 Å². The molecular weight excluding hydrogens is 242 g/mol. The van der Waals surface area contributed by atoms with Crippen molar-refractivity contribution in [3.8, 4) is 0 Å². The molecule has 1 atom stereocenters. The highest BCUT2D eigenvalue weighted by molar-refractivity contribution is 5.33. The zero-order chi connectivity index (χ0) is 13.7. The van der Waals surface area contributed by atoms with E-state index in [2.05, 4.69) is 25.4 Å². The summed E-state index contributed by atoms with van der Waals surface area (Å²) in [6, 6.07) is 0.459. The predicted molar refractivity (Wildman–Crippen MR) is 74.4 cm³/mol. The zero-order valence-corrected chi connectivity index (χ0v) is 12.0. The number of hydrogen-bond acceptors (Lipinski definition) is 6. The summed E-state index contributed by atoms with van der Waals surface area (Å²) in [6.45, 7) is 7.50. The van der Waals surface area contributed by atoms with Gasteiger partial charge < -0.3 is 15.0 Å². The molecule has 0 radical (unpaired) electrons. The molecule has 1 aliphatic heterocycles. The second-order valence-electron chi connectivity index (χ2n) is 4.97. The van der Waals surface area contributed by atoms with Crippen LogP contribution in [0.2, 0.25) is 0 Å². The Hall–Kier alpha value is -1.27. The van der Waals surface area contributed by atoms with Crippen LogP contribution in [-0.2, 0) is 4.74 Å². The van der Waals surface area contributed by atoms with Gasteiger partial charge in [-0.25, -0.2) is 4.98 Å². The van der Waals surface area contributed by atoms with Crippen LogP contribution >= 0.6 is 0 Å². The summed E-state index contributed by atoms with van der Waals surface area (Å²) in [4.78, 5) is 6.81. The van der Waals surface area contributed by atoms with E-state index >= 15 is 0 Å². The number of aryl methyl sites for hydroxylation is 2. The molecule has 0 bridgehead atoms. The maximum atomic E-state index is 5.04. The maximum absolute atomic E-state index is 5.04. The van der Waals surface area contributed by atoms with Crippen LogP contribution in [0.15, 0.2) is 0 Å². The van der Waals surface area contributed by atoms with Crippen LogP contribution in [0.5, 0.6) is 0 Å². The fraction of sp³-hybridized carbons (Fsp3) is 0.769. The van der Waals surface area contributed by atoms with Crippen LogP contribution in [0.25, 0.3) is 0 Å². The molecule has 2 rings (SSSR count). The third-order valence-electron chi connectivity index (χ3n) is 3.58. The van der Waals surface area contributed by atoms with Gasteiger partial charge in [0.05, 0.1) is 18.0 Å². The number of rotatable bonds is 6. The Bertz CT molecular complexity index is 412. The zero-order valence-electron chi connectivity index (χ0n) is 12.0. The Morgan fingerprint density at radius 2 is 2.16 bits per heavy atom. The van der Waals surface area contributed by atoms with E-state index in [1.807, 2.05) is 13.8 Å². The van der Waals surface area contributed by atoms with Gasteiger partial charge in [-0.05, 0) is 26.7 Å². The van der Waals surface area contributed by atoms with E-state index in [1.54, 1.807) is 7.11 Å². The van der Waals surface area contributed by atoms with E-state index in [9.17, 15) is 0 Å². The minimum Gasteiger partial charge on any atom is -0.383 e. The van der Waals surface area contributed by atoms with Crippen LogP contribution in [0.3, 0.4) is 0 Å². The minimum absolute atomic E-state index is 0.459. The number of anilines is 1.